The minimum absolute atomic E-state index is 0.205. The molecule has 2 aromatic heterocycles. The van der Waals surface area contributed by atoms with Gasteiger partial charge in [-0.25, -0.2) is 0 Å². The Hall–Kier alpha value is -2.04. The number of halogens is 1. The summed E-state index contributed by atoms with van der Waals surface area (Å²) in [6.45, 7) is 5.85. The Kier molecular flexibility index (Phi) is 2.93. The lowest BCUT2D eigenvalue weighted by Gasteiger charge is -2.25. The van der Waals surface area contributed by atoms with E-state index in [1.54, 1.807) is 18.2 Å². The van der Waals surface area contributed by atoms with E-state index < -0.39 is 0 Å². The molecule has 1 aliphatic heterocycles. The van der Waals surface area contributed by atoms with Crippen molar-refractivity contribution in [2.24, 2.45) is 0 Å². The van der Waals surface area contributed by atoms with Gasteiger partial charge in [0.05, 0.1) is 10.3 Å². The zero-order valence-corrected chi connectivity index (χ0v) is 13.3. The van der Waals surface area contributed by atoms with Gasteiger partial charge in [0.2, 0.25) is 11.2 Å². The lowest BCUT2D eigenvalue weighted by Crippen LogP contribution is -2.19. The van der Waals surface area contributed by atoms with E-state index >= 15 is 0 Å². The predicted molar refractivity (Wildman–Crippen MR) is 89.0 cm³/mol. The highest BCUT2D eigenvalue weighted by Gasteiger charge is 2.32. The molecule has 3 heterocycles. The van der Waals surface area contributed by atoms with Crippen LogP contribution < -0.4 is 10.2 Å². The normalized spacial score (nSPS) is 16.0. The van der Waals surface area contributed by atoms with E-state index in [-0.39, 0.29) is 17.3 Å². The molecule has 0 saturated heterocycles. The molecule has 22 heavy (non-hydrogen) atoms. The Bertz CT molecular complexity index is 983. The van der Waals surface area contributed by atoms with Crippen LogP contribution in [-0.2, 0) is 0 Å². The second-order valence-corrected chi connectivity index (χ2v) is 6.63. The van der Waals surface area contributed by atoms with Crippen LogP contribution in [0.25, 0.3) is 21.6 Å². The fourth-order valence-electron chi connectivity index (χ4n) is 2.66. The molecule has 0 radical (unpaired) electrons. The Morgan fingerprint density at radius 2 is 2.18 bits per heavy atom. The van der Waals surface area contributed by atoms with Gasteiger partial charge >= 0.3 is 0 Å². The van der Waals surface area contributed by atoms with E-state index in [1.165, 1.54) is 11.3 Å². The molecule has 0 bridgehead atoms. The smallest absolute Gasteiger partial charge is 0.235 e. The maximum atomic E-state index is 12.8. The van der Waals surface area contributed by atoms with E-state index in [0.717, 1.165) is 16.0 Å². The van der Waals surface area contributed by atoms with Gasteiger partial charge in [-0.2, -0.15) is 0 Å². The van der Waals surface area contributed by atoms with Crippen molar-refractivity contribution in [3.8, 4) is 16.4 Å². The third kappa shape index (κ3) is 1.84. The molecule has 0 aliphatic carbocycles. The van der Waals surface area contributed by atoms with Gasteiger partial charge in [0, 0.05) is 10.6 Å². The molecule has 0 saturated carbocycles. The van der Waals surface area contributed by atoms with E-state index in [9.17, 15) is 4.79 Å². The van der Waals surface area contributed by atoms with Gasteiger partial charge in [0.1, 0.15) is 11.7 Å². The van der Waals surface area contributed by atoms with E-state index in [2.05, 4.69) is 6.58 Å². The van der Waals surface area contributed by atoms with Crippen LogP contribution in [0, 0.1) is 0 Å². The number of hydrogen-bond acceptors (Lipinski definition) is 4. The second-order valence-electron chi connectivity index (χ2n) is 5.28. The third-order valence-corrected chi connectivity index (χ3v) is 4.84. The highest BCUT2D eigenvalue weighted by Crippen LogP contribution is 2.46. The SMILES string of the molecule is C=C(C)C1Oc2c(oc3ccc(Cl)cc3c2=O)-c2sccc21. The second kappa shape index (κ2) is 4.73. The minimum atomic E-state index is -0.326. The van der Waals surface area contributed by atoms with Gasteiger partial charge in [0.25, 0.3) is 0 Å². The van der Waals surface area contributed by atoms with Crippen LogP contribution in [0.3, 0.4) is 0 Å². The topological polar surface area (TPSA) is 39.4 Å². The molecular weight excluding hydrogens is 320 g/mol. The largest absolute Gasteiger partial charge is 0.473 e. The molecule has 4 rings (SSSR count). The van der Waals surface area contributed by atoms with Crippen LogP contribution in [-0.4, -0.2) is 0 Å². The van der Waals surface area contributed by atoms with Gasteiger partial charge in [-0.05, 0) is 42.1 Å². The number of ether oxygens (including phenoxy) is 1. The summed E-state index contributed by atoms with van der Waals surface area (Å²) in [5.74, 6) is 0.722. The minimum Gasteiger partial charge on any atom is -0.473 e. The summed E-state index contributed by atoms with van der Waals surface area (Å²) >= 11 is 7.51. The molecular formula is C17H11ClO3S. The van der Waals surface area contributed by atoms with Crippen molar-refractivity contribution in [3.63, 3.8) is 0 Å². The number of fused-ring (bicyclic) bond motifs is 4. The van der Waals surface area contributed by atoms with Gasteiger partial charge in [-0.1, -0.05) is 18.2 Å². The van der Waals surface area contributed by atoms with Crippen molar-refractivity contribution in [1.82, 2.24) is 0 Å². The first-order valence-electron chi connectivity index (χ1n) is 6.72. The summed E-state index contributed by atoms with van der Waals surface area (Å²) in [6.07, 6.45) is -0.326. The maximum Gasteiger partial charge on any atom is 0.235 e. The van der Waals surface area contributed by atoms with Crippen LogP contribution >= 0.6 is 22.9 Å². The third-order valence-electron chi connectivity index (χ3n) is 3.68. The van der Waals surface area contributed by atoms with Crippen molar-refractivity contribution in [2.75, 3.05) is 0 Å². The van der Waals surface area contributed by atoms with Gasteiger partial charge in [-0.15, -0.1) is 11.3 Å². The summed E-state index contributed by atoms with van der Waals surface area (Å²) in [5.41, 5.74) is 2.13. The quantitative estimate of drug-likeness (QED) is 0.577. The first-order chi connectivity index (χ1) is 10.6. The first kappa shape index (κ1) is 13.6. The monoisotopic (exact) mass is 330 g/mol. The Morgan fingerprint density at radius 3 is 2.95 bits per heavy atom. The molecule has 0 amide bonds. The molecule has 0 fully saturated rings. The Morgan fingerprint density at radius 1 is 1.36 bits per heavy atom. The zero-order chi connectivity index (χ0) is 15.4. The molecule has 1 unspecified atom stereocenters. The summed E-state index contributed by atoms with van der Waals surface area (Å²) in [5, 5.41) is 2.88. The summed E-state index contributed by atoms with van der Waals surface area (Å²) in [6, 6.07) is 6.99. The predicted octanol–water partition coefficient (Wildman–Crippen LogP) is 5.18. The van der Waals surface area contributed by atoms with Crippen LogP contribution in [0.15, 0.2) is 51.0 Å². The lowest BCUT2D eigenvalue weighted by atomic mass is 10.0. The van der Waals surface area contributed by atoms with Crippen LogP contribution in [0.1, 0.15) is 18.6 Å². The highest BCUT2D eigenvalue weighted by atomic mass is 35.5. The highest BCUT2D eigenvalue weighted by molar-refractivity contribution is 7.13. The summed E-state index contributed by atoms with van der Waals surface area (Å²) in [7, 11) is 0. The fourth-order valence-corrected chi connectivity index (χ4v) is 3.74. The average Bonchev–Trinajstić information content (AvgIpc) is 2.97. The van der Waals surface area contributed by atoms with Crippen molar-refractivity contribution >= 4 is 33.9 Å². The van der Waals surface area contributed by atoms with Crippen LogP contribution in [0.5, 0.6) is 5.75 Å². The molecule has 1 aromatic carbocycles. The summed E-state index contributed by atoms with van der Waals surface area (Å²) in [4.78, 5) is 13.7. The first-order valence-corrected chi connectivity index (χ1v) is 7.98. The molecule has 0 spiro atoms. The molecule has 3 nitrogen and oxygen atoms in total. The van der Waals surface area contributed by atoms with Crippen molar-refractivity contribution < 1.29 is 9.15 Å². The van der Waals surface area contributed by atoms with Gasteiger partial charge in [0.15, 0.2) is 5.76 Å². The van der Waals surface area contributed by atoms with Crippen LogP contribution in [0.2, 0.25) is 5.02 Å². The average molecular weight is 331 g/mol. The van der Waals surface area contributed by atoms with Crippen molar-refractivity contribution in [1.29, 1.82) is 0 Å². The fraction of sp³-hybridized carbons (Fsp3) is 0.118. The maximum absolute atomic E-state index is 12.8. The molecule has 5 heteroatoms. The number of rotatable bonds is 1. The lowest BCUT2D eigenvalue weighted by molar-refractivity contribution is 0.232. The number of hydrogen-bond donors (Lipinski definition) is 0. The van der Waals surface area contributed by atoms with Crippen molar-refractivity contribution in [3.05, 3.63) is 62.6 Å². The van der Waals surface area contributed by atoms with E-state index in [0.29, 0.717) is 21.8 Å². The zero-order valence-electron chi connectivity index (χ0n) is 11.7. The molecule has 110 valence electrons. The van der Waals surface area contributed by atoms with Crippen molar-refractivity contribution in [2.45, 2.75) is 13.0 Å². The van der Waals surface area contributed by atoms with Gasteiger partial charge < -0.3 is 9.15 Å². The van der Waals surface area contributed by atoms with Crippen LogP contribution in [0.4, 0.5) is 0 Å². The molecule has 1 aliphatic rings. The standard InChI is InChI=1S/C17H11ClO3S/c1-8(2)14-10-5-6-22-17(10)16-15(21-14)13(19)11-7-9(18)3-4-12(11)20-16/h3-7,14H,1H2,2H3. The molecule has 3 aromatic rings. The van der Waals surface area contributed by atoms with E-state index in [1.807, 2.05) is 18.4 Å². The number of benzene rings is 1. The van der Waals surface area contributed by atoms with E-state index in [4.69, 9.17) is 20.8 Å². The molecule has 0 N–H and O–H groups in total. The molecule has 1 atom stereocenters. The van der Waals surface area contributed by atoms with Gasteiger partial charge in [-0.3, -0.25) is 4.79 Å². The summed E-state index contributed by atoms with van der Waals surface area (Å²) < 4.78 is 11.8. The Labute approximate surface area is 135 Å². The number of thiophene rings is 1. The Balaban J connectivity index is 2.08.